The van der Waals surface area contributed by atoms with Crippen LogP contribution in [0.25, 0.3) is 22.8 Å². The number of anilines is 1. The van der Waals surface area contributed by atoms with Crippen LogP contribution in [0, 0.1) is 0 Å². The summed E-state index contributed by atoms with van der Waals surface area (Å²) < 4.78 is 15.9. The molecule has 0 fully saturated rings. The molecule has 0 aliphatic rings. The molecule has 0 radical (unpaired) electrons. The molecule has 31 heavy (non-hydrogen) atoms. The highest BCUT2D eigenvalue weighted by molar-refractivity contribution is 6.30. The molecule has 0 unspecified atom stereocenters. The smallest absolute Gasteiger partial charge is 0.260 e. The monoisotopic (exact) mass is 435 g/mol. The lowest BCUT2D eigenvalue weighted by Crippen LogP contribution is -2.13. The zero-order chi connectivity index (χ0) is 21.8. The van der Waals surface area contributed by atoms with Crippen molar-refractivity contribution >= 4 is 23.2 Å². The highest BCUT2D eigenvalue weighted by Gasteiger charge is 2.17. The van der Waals surface area contributed by atoms with E-state index in [9.17, 15) is 4.79 Å². The van der Waals surface area contributed by atoms with Crippen LogP contribution in [0.4, 0.5) is 5.69 Å². The van der Waals surface area contributed by atoms with Gasteiger partial charge in [-0.2, -0.15) is 4.98 Å². The van der Waals surface area contributed by atoms with Crippen molar-refractivity contribution in [2.24, 2.45) is 0 Å². The molecule has 1 aromatic heterocycles. The van der Waals surface area contributed by atoms with Crippen molar-refractivity contribution in [2.75, 3.05) is 19.5 Å². The molecule has 0 bridgehead atoms. The summed E-state index contributed by atoms with van der Waals surface area (Å²) in [6.45, 7) is 0. The van der Waals surface area contributed by atoms with Gasteiger partial charge in [0.25, 0.3) is 11.8 Å². The summed E-state index contributed by atoms with van der Waals surface area (Å²) in [7, 11) is 3.05. The Hall–Kier alpha value is -3.84. The molecule has 0 saturated carbocycles. The summed E-state index contributed by atoms with van der Waals surface area (Å²) in [4.78, 5) is 17.3. The maximum atomic E-state index is 12.8. The SMILES string of the molecule is COc1ccc(C(=O)Nc2ccccc2-c2nc(-c3ccc(Cl)cc3)no2)cc1OC. The summed E-state index contributed by atoms with van der Waals surface area (Å²) >= 11 is 5.94. The second kappa shape index (κ2) is 8.89. The van der Waals surface area contributed by atoms with Crippen molar-refractivity contribution in [3.63, 3.8) is 0 Å². The number of benzene rings is 3. The predicted octanol–water partition coefficient (Wildman–Crippen LogP) is 5.33. The fourth-order valence-corrected chi connectivity index (χ4v) is 3.13. The average Bonchev–Trinajstić information content (AvgIpc) is 3.29. The molecule has 0 aliphatic heterocycles. The fraction of sp³-hybridized carbons (Fsp3) is 0.0870. The van der Waals surface area contributed by atoms with Crippen LogP contribution >= 0.6 is 11.6 Å². The first-order valence-electron chi connectivity index (χ1n) is 9.31. The summed E-state index contributed by atoms with van der Waals surface area (Å²) in [6.07, 6.45) is 0. The van der Waals surface area contributed by atoms with E-state index in [1.165, 1.54) is 14.2 Å². The number of ether oxygens (including phenoxy) is 2. The molecule has 1 heterocycles. The average molecular weight is 436 g/mol. The van der Waals surface area contributed by atoms with Crippen molar-refractivity contribution in [2.45, 2.75) is 0 Å². The van der Waals surface area contributed by atoms with E-state index in [1.54, 1.807) is 42.5 Å². The maximum absolute atomic E-state index is 12.8. The molecule has 4 aromatic rings. The van der Waals surface area contributed by atoms with Gasteiger partial charge in [-0.25, -0.2) is 0 Å². The molecule has 7 nitrogen and oxygen atoms in total. The number of rotatable bonds is 6. The summed E-state index contributed by atoms with van der Waals surface area (Å²) in [5.74, 6) is 1.40. The van der Waals surface area contributed by atoms with Gasteiger partial charge in [-0.1, -0.05) is 28.9 Å². The number of nitrogens with one attached hydrogen (secondary N) is 1. The van der Waals surface area contributed by atoms with Gasteiger partial charge in [-0.3, -0.25) is 4.79 Å². The fourth-order valence-electron chi connectivity index (χ4n) is 3.00. The number of halogens is 1. The molecule has 1 N–H and O–H groups in total. The van der Waals surface area contributed by atoms with E-state index in [0.717, 1.165) is 5.56 Å². The van der Waals surface area contributed by atoms with Crippen LogP contribution in [0.1, 0.15) is 10.4 Å². The number of amides is 1. The van der Waals surface area contributed by atoms with Gasteiger partial charge in [-0.05, 0) is 54.6 Å². The Labute approximate surface area is 183 Å². The normalized spacial score (nSPS) is 10.5. The van der Waals surface area contributed by atoms with E-state index in [0.29, 0.717) is 39.2 Å². The number of methoxy groups -OCH3 is 2. The molecule has 4 rings (SSSR count). The zero-order valence-electron chi connectivity index (χ0n) is 16.8. The van der Waals surface area contributed by atoms with Gasteiger partial charge < -0.3 is 19.3 Å². The van der Waals surface area contributed by atoms with Crippen LogP contribution in [0.3, 0.4) is 0 Å². The third kappa shape index (κ3) is 4.36. The van der Waals surface area contributed by atoms with Crippen LogP contribution in [0.5, 0.6) is 11.5 Å². The lowest BCUT2D eigenvalue weighted by molar-refractivity contribution is 0.102. The number of aromatic nitrogens is 2. The molecule has 0 aliphatic carbocycles. The Balaban J connectivity index is 1.61. The molecule has 8 heteroatoms. The molecule has 1 amide bonds. The summed E-state index contributed by atoms with van der Waals surface area (Å²) in [5, 5.41) is 7.55. The Kier molecular flexibility index (Phi) is 5.86. The zero-order valence-corrected chi connectivity index (χ0v) is 17.5. The van der Waals surface area contributed by atoms with Crippen LogP contribution in [0.15, 0.2) is 71.3 Å². The molecule has 156 valence electrons. The van der Waals surface area contributed by atoms with E-state index in [-0.39, 0.29) is 11.8 Å². The Morgan fingerprint density at radius 3 is 2.45 bits per heavy atom. The van der Waals surface area contributed by atoms with Gasteiger partial charge in [0.15, 0.2) is 11.5 Å². The van der Waals surface area contributed by atoms with E-state index in [1.807, 2.05) is 24.3 Å². The number of para-hydroxylation sites is 1. The molecule has 0 atom stereocenters. The van der Waals surface area contributed by atoms with Crippen molar-refractivity contribution in [3.8, 4) is 34.3 Å². The Morgan fingerprint density at radius 1 is 0.968 bits per heavy atom. The van der Waals surface area contributed by atoms with Gasteiger partial charge in [0, 0.05) is 16.1 Å². The quantitative estimate of drug-likeness (QED) is 0.440. The lowest BCUT2D eigenvalue weighted by atomic mass is 10.1. The first-order chi connectivity index (χ1) is 15.1. The van der Waals surface area contributed by atoms with E-state index in [4.69, 9.17) is 25.6 Å². The number of carbonyl (C=O) groups excluding carboxylic acids is 1. The third-order valence-corrected chi connectivity index (χ3v) is 4.83. The minimum absolute atomic E-state index is 0.285. The van der Waals surface area contributed by atoms with Crippen molar-refractivity contribution < 1.29 is 18.8 Å². The number of hydrogen-bond donors (Lipinski definition) is 1. The van der Waals surface area contributed by atoms with Crippen molar-refractivity contribution in [1.82, 2.24) is 10.1 Å². The number of hydrogen-bond acceptors (Lipinski definition) is 6. The molecule has 0 spiro atoms. The third-order valence-electron chi connectivity index (χ3n) is 4.58. The lowest BCUT2D eigenvalue weighted by Gasteiger charge is -2.11. The second-order valence-corrected chi connectivity index (χ2v) is 6.94. The van der Waals surface area contributed by atoms with Crippen LogP contribution in [0.2, 0.25) is 5.02 Å². The van der Waals surface area contributed by atoms with Gasteiger partial charge >= 0.3 is 0 Å². The molecule has 3 aromatic carbocycles. The van der Waals surface area contributed by atoms with Gasteiger partial charge in [0.1, 0.15) is 0 Å². The van der Waals surface area contributed by atoms with Crippen molar-refractivity contribution in [3.05, 3.63) is 77.3 Å². The molecule has 0 saturated heterocycles. The first kappa shape index (κ1) is 20.4. The maximum Gasteiger partial charge on any atom is 0.260 e. The van der Waals surface area contributed by atoms with Crippen molar-refractivity contribution in [1.29, 1.82) is 0 Å². The second-order valence-electron chi connectivity index (χ2n) is 6.50. The highest BCUT2D eigenvalue weighted by atomic mass is 35.5. The van der Waals surface area contributed by atoms with Gasteiger partial charge in [0.2, 0.25) is 5.82 Å². The van der Waals surface area contributed by atoms with Crippen LogP contribution in [-0.4, -0.2) is 30.3 Å². The number of carbonyl (C=O) groups is 1. The van der Waals surface area contributed by atoms with Gasteiger partial charge in [-0.15, -0.1) is 0 Å². The first-order valence-corrected chi connectivity index (χ1v) is 9.69. The van der Waals surface area contributed by atoms with Crippen LogP contribution < -0.4 is 14.8 Å². The summed E-state index contributed by atoms with van der Waals surface area (Å²) in [5.41, 5.74) is 2.32. The largest absolute Gasteiger partial charge is 0.493 e. The minimum Gasteiger partial charge on any atom is -0.493 e. The molecular weight excluding hydrogens is 418 g/mol. The van der Waals surface area contributed by atoms with E-state index < -0.39 is 0 Å². The predicted molar refractivity (Wildman–Crippen MR) is 118 cm³/mol. The number of nitrogens with zero attached hydrogens (tertiary/aromatic N) is 2. The highest BCUT2D eigenvalue weighted by Crippen LogP contribution is 2.31. The van der Waals surface area contributed by atoms with Crippen LogP contribution in [-0.2, 0) is 0 Å². The topological polar surface area (TPSA) is 86.5 Å². The van der Waals surface area contributed by atoms with E-state index >= 15 is 0 Å². The van der Waals surface area contributed by atoms with E-state index in [2.05, 4.69) is 15.5 Å². The minimum atomic E-state index is -0.314. The molecular formula is C23H18ClN3O4. The van der Waals surface area contributed by atoms with Gasteiger partial charge in [0.05, 0.1) is 25.5 Å². The standard InChI is InChI=1S/C23H18ClN3O4/c1-29-19-12-9-15(13-20(19)30-2)22(28)25-18-6-4-3-5-17(18)23-26-21(27-31-23)14-7-10-16(24)11-8-14/h3-13H,1-2H3,(H,25,28). The summed E-state index contributed by atoms with van der Waals surface area (Å²) in [6, 6.07) is 19.3. The Morgan fingerprint density at radius 2 is 1.71 bits per heavy atom. The Bertz CT molecular complexity index is 1220.